The number of aryl methyl sites for hydroxylation is 1. The molecule has 2 rings (SSSR count). The van der Waals surface area contributed by atoms with E-state index < -0.39 is 26.9 Å². The van der Waals surface area contributed by atoms with E-state index in [0.29, 0.717) is 24.2 Å². The van der Waals surface area contributed by atoms with E-state index in [1.165, 1.54) is 22.5 Å². The second-order valence-electron chi connectivity index (χ2n) is 6.58. The zero-order valence-electron chi connectivity index (χ0n) is 16.9. The second-order valence-corrected chi connectivity index (χ2v) is 8.52. The van der Waals surface area contributed by atoms with Crippen LogP contribution in [0.15, 0.2) is 47.4 Å². The number of hydrogen-bond acceptors (Lipinski definition) is 5. The van der Waals surface area contributed by atoms with E-state index in [1.807, 2.05) is 0 Å². The van der Waals surface area contributed by atoms with Crippen molar-refractivity contribution >= 4 is 21.6 Å². The number of nitro benzene ring substituents is 1. The largest absolute Gasteiger partial charge is 0.345 e. The highest BCUT2D eigenvalue weighted by atomic mass is 32.2. The van der Waals surface area contributed by atoms with Crippen LogP contribution < -0.4 is 5.32 Å². The molecular formula is C20H25N3O5S. The Morgan fingerprint density at radius 2 is 1.72 bits per heavy atom. The van der Waals surface area contributed by atoms with E-state index in [9.17, 15) is 23.3 Å². The lowest BCUT2D eigenvalue weighted by Crippen LogP contribution is -2.30. The topological polar surface area (TPSA) is 110 Å². The first-order chi connectivity index (χ1) is 13.6. The zero-order valence-corrected chi connectivity index (χ0v) is 17.7. The molecule has 0 aromatic heterocycles. The summed E-state index contributed by atoms with van der Waals surface area (Å²) in [5, 5.41) is 14.0. The third-order valence-electron chi connectivity index (χ3n) is 4.74. The van der Waals surface area contributed by atoms with E-state index in [2.05, 4.69) is 5.32 Å². The molecule has 0 spiro atoms. The number of nitrogens with zero attached hydrogens (tertiary/aromatic N) is 2. The first-order valence-electron chi connectivity index (χ1n) is 9.28. The maximum atomic E-state index is 12.6. The predicted octanol–water partition coefficient (Wildman–Crippen LogP) is 3.42. The minimum absolute atomic E-state index is 0.0115. The molecule has 0 saturated carbocycles. The Kier molecular flexibility index (Phi) is 7.10. The van der Waals surface area contributed by atoms with E-state index in [0.717, 1.165) is 0 Å². The van der Waals surface area contributed by atoms with Gasteiger partial charge in [0.25, 0.3) is 11.6 Å². The van der Waals surface area contributed by atoms with Gasteiger partial charge in [0.05, 0.1) is 15.9 Å². The van der Waals surface area contributed by atoms with Gasteiger partial charge in [0.15, 0.2) is 0 Å². The number of amides is 1. The molecule has 1 atom stereocenters. The lowest BCUT2D eigenvalue weighted by molar-refractivity contribution is -0.385. The minimum atomic E-state index is -3.56. The summed E-state index contributed by atoms with van der Waals surface area (Å²) in [6.07, 6.45) is 0. The fraction of sp³-hybridized carbons (Fsp3) is 0.350. The van der Waals surface area contributed by atoms with E-state index in [-0.39, 0.29) is 16.1 Å². The van der Waals surface area contributed by atoms with Crippen LogP contribution in [0.4, 0.5) is 5.69 Å². The van der Waals surface area contributed by atoms with E-state index in [1.54, 1.807) is 52.0 Å². The highest BCUT2D eigenvalue weighted by Gasteiger charge is 2.24. The van der Waals surface area contributed by atoms with Crippen molar-refractivity contribution in [1.82, 2.24) is 9.62 Å². The first-order valence-corrected chi connectivity index (χ1v) is 10.7. The molecule has 29 heavy (non-hydrogen) atoms. The van der Waals surface area contributed by atoms with E-state index >= 15 is 0 Å². The van der Waals surface area contributed by atoms with Gasteiger partial charge in [0, 0.05) is 18.7 Å². The monoisotopic (exact) mass is 419 g/mol. The van der Waals surface area contributed by atoms with Crippen molar-refractivity contribution in [3.05, 3.63) is 69.3 Å². The molecule has 0 aliphatic carbocycles. The third-order valence-corrected chi connectivity index (χ3v) is 6.80. The molecule has 9 heteroatoms. The van der Waals surface area contributed by atoms with Gasteiger partial charge in [-0.15, -0.1) is 0 Å². The third kappa shape index (κ3) is 4.80. The summed E-state index contributed by atoms with van der Waals surface area (Å²) < 4.78 is 26.5. The van der Waals surface area contributed by atoms with Crippen molar-refractivity contribution < 1.29 is 18.1 Å². The van der Waals surface area contributed by atoms with Crippen LogP contribution in [0.2, 0.25) is 0 Å². The fourth-order valence-corrected chi connectivity index (χ4v) is 4.54. The quantitative estimate of drug-likeness (QED) is 0.521. The average molecular weight is 420 g/mol. The van der Waals surface area contributed by atoms with Crippen LogP contribution in [0.5, 0.6) is 0 Å². The Labute approximate surface area is 170 Å². The Morgan fingerprint density at radius 3 is 2.24 bits per heavy atom. The zero-order chi connectivity index (χ0) is 21.8. The molecule has 8 nitrogen and oxygen atoms in total. The number of carbonyl (C=O) groups excluding carboxylic acids is 1. The average Bonchev–Trinajstić information content (AvgIpc) is 2.68. The van der Waals surface area contributed by atoms with Crippen LogP contribution in [-0.4, -0.2) is 36.6 Å². The van der Waals surface area contributed by atoms with Gasteiger partial charge in [-0.1, -0.05) is 38.1 Å². The second kappa shape index (κ2) is 9.15. The van der Waals surface area contributed by atoms with Crippen LogP contribution >= 0.6 is 0 Å². The summed E-state index contributed by atoms with van der Waals surface area (Å²) in [6, 6.07) is 10.4. The Hall–Kier alpha value is -2.78. The van der Waals surface area contributed by atoms with Crippen LogP contribution in [0, 0.1) is 17.0 Å². The molecule has 0 radical (unpaired) electrons. The molecule has 1 unspecified atom stereocenters. The van der Waals surface area contributed by atoms with Crippen LogP contribution in [-0.2, 0) is 10.0 Å². The molecule has 1 amide bonds. The molecule has 0 heterocycles. The maximum Gasteiger partial charge on any atom is 0.285 e. The molecule has 0 fully saturated rings. The van der Waals surface area contributed by atoms with Gasteiger partial charge in [0.2, 0.25) is 10.0 Å². The molecule has 0 bridgehead atoms. The SMILES string of the molecule is CCN(CC)S(=O)(=O)c1ccc(C(C)NC(=O)c2cccc(C)c2[N+](=O)[O-])cc1. The Morgan fingerprint density at radius 1 is 1.14 bits per heavy atom. The molecule has 0 aliphatic rings. The molecule has 0 aliphatic heterocycles. The lowest BCUT2D eigenvalue weighted by Gasteiger charge is -2.19. The predicted molar refractivity (Wildman–Crippen MR) is 110 cm³/mol. The number of carbonyl (C=O) groups is 1. The fourth-order valence-electron chi connectivity index (χ4n) is 3.08. The summed E-state index contributed by atoms with van der Waals surface area (Å²) in [4.78, 5) is 23.5. The van der Waals surface area contributed by atoms with E-state index in [4.69, 9.17) is 0 Å². The minimum Gasteiger partial charge on any atom is -0.345 e. The van der Waals surface area contributed by atoms with Crippen LogP contribution in [0.3, 0.4) is 0 Å². The van der Waals surface area contributed by atoms with Crippen molar-refractivity contribution in [1.29, 1.82) is 0 Å². The van der Waals surface area contributed by atoms with Crippen molar-refractivity contribution in [3.63, 3.8) is 0 Å². The molecule has 156 valence electrons. The van der Waals surface area contributed by atoms with Crippen molar-refractivity contribution in [2.45, 2.75) is 38.6 Å². The summed E-state index contributed by atoms with van der Waals surface area (Å²) in [6.45, 7) is 7.61. The van der Waals surface area contributed by atoms with Gasteiger partial charge in [-0.05, 0) is 37.6 Å². The lowest BCUT2D eigenvalue weighted by atomic mass is 10.1. The number of sulfonamides is 1. The normalized spacial score (nSPS) is 12.6. The first kappa shape index (κ1) is 22.5. The van der Waals surface area contributed by atoms with Crippen LogP contribution in [0.25, 0.3) is 0 Å². The molecule has 0 saturated heterocycles. The van der Waals surface area contributed by atoms with Crippen molar-refractivity contribution in [3.8, 4) is 0 Å². The molecular weight excluding hydrogens is 394 g/mol. The molecule has 1 N–H and O–H groups in total. The van der Waals surface area contributed by atoms with Crippen molar-refractivity contribution in [2.75, 3.05) is 13.1 Å². The highest BCUT2D eigenvalue weighted by molar-refractivity contribution is 7.89. The summed E-state index contributed by atoms with van der Waals surface area (Å²) in [7, 11) is -3.56. The summed E-state index contributed by atoms with van der Waals surface area (Å²) >= 11 is 0. The van der Waals surface area contributed by atoms with Crippen LogP contribution in [0.1, 0.15) is 48.3 Å². The maximum absolute atomic E-state index is 12.6. The molecule has 2 aromatic carbocycles. The van der Waals surface area contributed by atoms with Gasteiger partial charge < -0.3 is 5.32 Å². The van der Waals surface area contributed by atoms with Gasteiger partial charge in [-0.25, -0.2) is 8.42 Å². The number of hydrogen-bond donors (Lipinski definition) is 1. The number of nitro groups is 1. The molecule has 2 aromatic rings. The van der Waals surface area contributed by atoms with Gasteiger partial charge >= 0.3 is 0 Å². The van der Waals surface area contributed by atoms with Gasteiger partial charge in [-0.2, -0.15) is 4.31 Å². The van der Waals surface area contributed by atoms with Gasteiger partial charge in [0.1, 0.15) is 5.56 Å². The number of para-hydroxylation sites is 1. The van der Waals surface area contributed by atoms with Gasteiger partial charge in [-0.3, -0.25) is 14.9 Å². The Balaban J connectivity index is 2.23. The summed E-state index contributed by atoms with van der Waals surface area (Å²) in [5.41, 5.74) is 0.855. The number of nitrogens with one attached hydrogen (secondary N) is 1. The Bertz CT molecular complexity index is 999. The summed E-state index contributed by atoms with van der Waals surface area (Å²) in [5.74, 6) is -0.562. The van der Waals surface area contributed by atoms with Crippen molar-refractivity contribution in [2.24, 2.45) is 0 Å². The smallest absolute Gasteiger partial charge is 0.285 e. The standard InChI is InChI=1S/C20H25N3O5S/c1-5-22(6-2)29(27,28)17-12-10-16(11-13-17)15(4)21-20(24)18-9-7-8-14(3)19(18)23(25)26/h7-13,15H,5-6H2,1-4H3,(H,21,24). The number of rotatable bonds is 8. The number of benzene rings is 2. The highest BCUT2D eigenvalue weighted by Crippen LogP contribution is 2.24.